The molecule has 1 fully saturated rings. The molecule has 0 bridgehead atoms. The summed E-state index contributed by atoms with van der Waals surface area (Å²) < 4.78 is 5.11. The number of rotatable bonds is 3. The van der Waals surface area contributed by atoms with E-state index in [9.17, 15) is 0 Å². The first-order chi connectivity index (χ1) is 11.7. The molecule has 7 nitrogen and oxygen atoms in total. The fraction of sp³-hybridized carbons (Fsp3) is 0.438. The van der Waals surface area contributed by atoms with Gasteiger partial charge in [0.05, 0.1) is 17.3 Å². The molecule has 1 N–H and O–H groups in total. The lowest BCUT2D eigenvalue weighted by Crippen LogP contribution is -2.52. The minimum atomic E-state index is 0.470. The van der Waals surface area contributed by atoms with Crippen LogP contribution in [0.2, 0.25) is 5.02 Å². The van der Waals surface area contributed by atoms with Crippen molar-refractivity contribution in [3.63, 3.8) is 0 Å². The Morgan fingerprint density at radius 3 is 2.67 bits per heavy atom. The Labute approximate surface area is 146 Å². The number of hydrogen-bond donors (Lipinski definition) is 1. The van der Waals surface area contributed by atoms with Crippen LogP contribution in [0.3, 0.4) is 0 Å². The maximum atomic E-state index is 6.29. The Balaban J connectivity index is 1.55. The van der Waals surface area contributed by atoms with E-state index >= 15 is 0 Å². The van der Waals surface area contributed by atoms with E-state index in [1.54, 1.807) is 14.0 Å². The molecule has 1 aromatic heterocycles. The molecule has 0 atom stereocenters. The average Bonchev–Trinajstić information content (AvgIpc) is 3.02. The first-order valence-electron chi connectivity index (χ1n) is 7.91. The van der Waals surface area contributed by atoms with E-state index in [-0.39, 0.29) is 0 Å². The van der Waals surface area contributed by atoms with Crippen molar-refractivity contribution in [3.05, 3.63) is 41.0 Å². The summed E-state index contributed by atoms with van der Waals surface area (Å²) in [6, 6.07) is 7.95. The summed E-state index contributed by atoms with van der Waals surface area (Å²) in [6.07, 6.45) is 0. The first-order valence-corrected chi connectivity index (χ1v) is 8.29. The zero-order valence-corrected chi connectivity index (χ0v) is 14.6. The van der Waals surface area contributed by atoms with Gasteiger partial charge in [-0.1, -0.05) is 28.9 Å². The summed E-state index contributed by atoms with van der Waals surface area (Å²) in [5.74, 6) is 2.03. The van der Waals surface area contributed by atoms with Crippen LogP contribution in [0, 0.1) is 6.92 Å². The number of aliphatic imine (C=N–C) groups is 1. The van der Waals surface area contributed by atoms with Crippen molar-refractivity contribution in [1.29, 1.82) is 0 Å². The van der Waals surface area contributed by atoms with Crippen LogP contribution in [0.4, 0.5) is 5.69 Å². The molecule has 8 heteroatoms. The van der Waals surface area contributed by atoms with Crippen LogP contribution in [0.25, 0.3) is 0 Å². The zero-order chi connectivity index (χ0) is 16.9. The lowest BCUT2D eigenvalue weighted by atomic mass is 10.2. The monoisotopic (exact) mass is 348 g/mol. The third kappa shape index (κ3) is 3.79. The summed E-state index contributed by atoms with van der Waals surface area (Å²) in [5.41, 5.74) is 1.09. The Morgan fingerprint density at radius 2 is 2.04 bits per heavy atom. The number of aromatic nitrogens is 2. The van der Waals surface area contributed by atoms with Crippen LogP contribution in [0.1, 0.15) is 11.7 Å². The molecule has 0 aliphatic carbocycles. The molecule has 0 radical (unpaired) electrons. The van der Waals surface area contributed by atoms with Crippen molar-refractivity contribution in [1.82, 2.24) is 20.4 Å². The highest BCUT2D eigenvalue weighted by Gasteiger charge is 2.21. The molecule has 1 aliphatic rings. The van der Waals surface area contributed by atoms with Gasteiger partial charge >= 0.3 is 0 Å². The van der Waals surface area contributed by atoms with Crippen molar-refractivity contribution >= 4 is 23.2 Å². The van der Waals surface area contributed by atoms with Crippen molar-refractivity contribution in [2.45, 2.75) is 13.5 Å². The van der Waals surface area contributed by atoms with Crippen molar-refractivity contribution in [2.24, 2.45) is 4.99 Å². The van der Waals surface area contributed by atoms with Crippen molar-refractivity contribution < 1.29 is 4.52 Å². The molecule has 0 saturated carbocycles. The van der Waals surface area contributed by atoms with Crippen LogP contribution in [0.15, 0.2) is 33.8 Å². The lowest BCUT2D eigenvalue weighted by molar-refractivity contribution is 0.354. The van der Waals surface area contributed by atoms with Gasteiger partial charge in [-0.05, 0) is 19.1 Å². The number of hydrogen-bond acceptors (Lipinski definition) is 5. The second-order valence-corrected chi connectivity index (χ2v) is 5.97. The minimum Gasteiger partial charge on any atom is -0.367 e. The van der Waals surface area contributed by atoms with Crippen LogP contribution >= 0.6 is 11.6 Å². The Hall–Kier alpha value is -2.28. The van der Waals surface area contributed by atoms with E-state index in [2.05, 4.69) is 36.3 Å². The fourth-order valence-corrected chi connectivity index (χ4v) is 3.02. The minimum absolute atomic E-state index is 0.470. The van der Waals surface area contributed by atoms with E-state index < -0.39 is 0 Å². The number of aryl methyl sites for hydroxylation is 1. The molecule has 2 heterocycles. The zero-order valence-electron chi connectivity index (χ0n) is 13.9. The third-order valence-corrected chi connectivity index (χ3v) is 4.27. The molecule has 0 unspecified atom stereocenters. The van der Waals surface area contributed by atoms with E-state index in [0.717, 1.165) is 42.8 Å². The van der Waals surface area contributed by atoms with Gasteiger partial charge in [0.15, 0.2) is 11.8 Å². The number of anilines is 1. The number of guanidine groups is 1. The maximum Gasteiger partial charge on any atom is 0.246 e. The maximum absolute atomic E-state index is 6.29. The number of halogens is 1. The summed E-state index contributed by atoms with van der Waals surface area (Å²) in [6.45, 7) is 5.80. The smallest absolute Gasteiger partial charge is 0.246 e. The summed E-state index contributed by atoms with van der Waals surface area (Å²) in [4.78, 5) is 13.1. The molecule has 1 aromatic carbocycles. The Bertz CT molecular complexity index is 708. The molecule has 0 amide bonds. The second-order valence-electron chi connectivity index (χ2n) is 5.56. The van der Waals surface area contributed by atoms with Gasteiger partial charge in [-0.3, -0.25) is 4.99 Å². The van der Waals surface area contributed by atoms with E-state index in [4.69, 9.17) is 16.1 Å². The topological polar surface area (TPSA) is 69.8 Å². The number of nitrogens with one attached hydrogen (secondary N) is 1. The van der Waals surface area contributed by atoms with Gasteiger partial charge in [0.2, 0.25) is 5.89 Å². The first kappa shape index (κ1) is 16.6. The molecular weight excluding hydrogens is 328 g/mol. The van der Waals surface area contributed by atoms with Crippen molar-refractivity contribution in [2.75, 3.05) is 38.1 Å². The third-order valence-electron chi connectivity index (χ3n) is 3.95. The molecule has 128 valence electrons. The van der Waals surface area contributed by atoms with E-state index in [1.165, 1.54) is 0 Å². The van der Waals surface area contributed by atoms with Gasteiger partial charge in [0.25, 0.3) is 0 Å². The van der Waals surface area contributed by atoms with Gasteiger partial charge in [-0.2, -0.15) is 4.98 Å². The summed E-state index contributed by atoms with van der Waals surface area (Å²) in [5, 5.41) is 7.85. The largest absolute Gasteiger partial charge is 0.367 e. The fourth-order valence-electron chi connectivity index (χ4n) is 2.77. The van der Waals surface area contributed by atoms with E-state index in [0.29, 0.717) is 18.3 Å². The summed E-state index contributed by atoms with van der Waals surface area (Å²) >= 11 is 6.29. The predicted octanol–water partition coefficient (Wildman–Crippen LogP) is 1.93. The van der Waals surface area contributed by atoms with Crippen molar-refractivity contribution in [3.8, 4) is 0 Å². The molecule has 1 saturated heterocycles. The highest BCUT2D eigenvalue weighted by molar-refractivity contribution is 6.33. The molecule has 24 heavy (non-hydrogen) atoms. The number of benzene rings is 1. The number of para-hydroxylation sites is 1. The van der Waals surface area contributed by atoms with Gasteiger partial charge in [0, 0.05) is 33.2 Å². The highest BCUT2D eigenvalue weighted by Crippen LogP contribution is 2.25. The number of piperazine rings is 1. The standard InChI is InChI=1S/C16H21ClN6O/c1-12-20-15(24-21-12)11-19-16(18-2)23-9-7-22(8-10-23)14-6-4-3-5-13(14)17/h3-6H,7-11H2,1-2H3,(H,18,19). The van der Waals surface area contributed by atoms with Crippen LogP contribution in [0.5, 0.6) is 0 Å². The van der Waals surface area contributed by atoms with Gasteiger partial charge in [-0.25, -0.2) is 0 Å². The van der Waals surface area contributed by atoms with Gasteiger partial charge < -0.3 is 19.6 Å². The summed E-state index contributed by atoms with van der Waals surface area (Å²) in [7, 11) is 1.78. The molecule has 3 rings (SSSR count). The number of nitrogens with zero attached hydrogens (tertiary/aromatic N) is 5. The SMILES string of the molecule is CN=C(NCc1nc(C)no1)N1CCN(c2ccccc2Cl)CC1. The molecule has 2 aromatic rings. The Morgan fingerprint density at radius 1 is 1.29 bits per heavy atom. The van der Waals surface area contributed by atoms with Gasteiger partial charge in [0.1, 0.15) is 0 Å². The molecule has 0 spiro atoms. The highest BCUT2D eigenvalue weighted by atomic mass is 35.5. The van der Waals surface area contributed by atoms with Crippen LogP contribution < -0.4 is 10.2 Å². The quantitative estimate of drug-likeness (QED) is 0.675. The molecule has 1 aliphatic heterocycles. The lowest BCUT2D eigenvalue weighted by Gasteiger charge is -2.37. The Kier molecular flexibility index (Phi) is 5.20. The predicted molar refractivity (Wildman–Crippen MR) is 94.5 cm³/mol. The second kappa shape index (κ2) is 7.53. The van der Waals surface area contributed by atoms with Crippen LogP contribution in [-0.4, -0.2) is 54.2 Å². The van der Waals surface area contributed by atoms with Crippen LogP contribution in [-0.2, 0) is 6.54 Å². The average molecular weight is 349 g/mol. The molecular formula is C16H21ClN6O. The van der Waals surface area contributed by atoms with Gasteiger partial charge in [-0.15, -0.1) is 0 Å². The normalized spacial score (nSPS) is 15.7. The van der Waals surface area contributed by atoms with E-state index in [1.807, 2.05) is 18.2 Å².